The number of aryl methyl sites for hydroxylation is 1. The van der Waals surface area contributed by atoms with Crippen LogP contribution in [-0.4, -0.2) is 27.6 Å². The molecular weight excluding hydrogens is 218 g/mol. The maximum Gasteiger partial charge on any atom is 0.278 e. The molecule has 2 aromatic rings. The fourth-order valence-electron chi connectivity index (χ4n) is 1.49. The molecule has 1 heterocycles. The Morgan fingerprint density at radius 1 is 1.35 bits per heavy atom. The molecule has 5 heteroatoms. The number of benzene rings is 1. The Morgan fingerprint density at radius 2 is 2.00 bits per heavy atom. The summed E-state index contributed by atoms with van der Waals surface area (Å²) in [5.74, 6) is -0.0104. The van der Waals surface area contributed by atoms with Gasteiger partial charge in [-0.1, -0.05) is 0 Å². The van der Waals surface area contributed by atoms with Crippen LogP contribution in [0, 0.1) is 0 Å². The minimum Gasteiger partial charge on any atom is -0.508 e. The first-order valence-electron chi connectivity index (χ1n) is 5.13. The topological polar surface area (TPSA) is 58.4 Å². The molecule has 5 nitrogen and oxygen atoms in total. The highest BCUT2D eigenvalue weighted by atomic mass is 16.3. The van der Waals surface area contributed by atoms with Gasteiger partial charge in [-0.15, -0.1) is 0 Å². The van der Waals surface area contributed by atoms with Gasteiger partial charge >= 0.3 is 0 Å². The van der Waals surface area contributed by atoms with E-state index in [9.17, 15) is 9.90 Å². The maximum absolute atomic E-state index is 12.0. The Hall–Kier alpha value is -2.30. The van der Waals surface area contributed by atoms with Gasteiger partial charge in [0.15, 0.2) is 0 Å². The van der Waals surface area contributed by atoms with Crippen LogP contribution in [0.4, 0.5) is 5.69 Å². The summed E-state index contributed by atoms with van der Waals surface area (Å²) in [6.45, 7) is 0. The standard InChI is InChI=1S/C12H13N3O2/c1-14-7-11(13-8-14)12(17)15(2)9-3-5-10(16)6-4-9/h3-8,16H,1-2H3. The highest BCUT2D eigenvalue weighted by Crippen LogP contribution is 2.18. The van der Waals surface area contributed by atoms with E-state index in [1.807, 2.05) is 7.05 Å². The predicted molar refractivity (Wildman–Crippen MR) is 64.0 cm³/mol. The lowest BCUT2D eigenvalue weighted by atomic mass is 10.2. The monoisotopic (exact) mass is 231 g/mol. The molecular formula is C12H13N3O2. The van der Waals surface area contributed by atoms with Crippen molar-refractivity contribution in [3.8, 4) is 5.75 Å². The van der Waals surface area contributed by atoms with E-state index in [2.05, 4.69) is 4.98 Å². The van der Waals surface area contributed by atoms with E-state index >= 15 is 0 Å². The van der Waals surface area contributed by atoms with Crippen LogP contribution < -0.4 is 4.90 Å². The Bertz CT molecular complexity index is 531. The normalized spacial score (nSPS) is 10.2. The van der Waals surface area contributed by atoms with Crippen molar-refractivity contribution in [2.75, 3.05) is 11.9 Å². The van der Waals surface area contributed by atoms with Crippen LogP contribution >= 0.6 is 0 Å². The minimum atomic E-state index is -0.184. The SMILES string of the molecule is CN(C(=O)c1cn(C)cn1)c1ccc(O)cc1. The molecule has 0 unspecified atom stereocenters. The molecule has 0 aliphatic heterocycles. The van der Waals surface area contributed by atoms with Crippen LogP contribution in [0.5, 0.6) is 5.75 Å². The minimum absolute atomic E-state index is 0.174. The first-order chi connectivity index (χ1) is 8.08. The van der Waals surface area contributed by atoms with Gasteiger partial charge in [-0.2, -0.15) is 0 Å². The summed E-state index contributed by atoms with van der Waals surface area (Å²) in [4.78, 5) is 17.5. The molecule has 0 saturated heterocycles. The number of rotatable bonds is 2. The van der Waals surface area contributed by atoms with E-state index in [0.29, 0.717) is 11.4 Å². The lowest BCUT2D eigenvalue weighted by Gasteiger charge is -2.15. The molecule has 1 aromatic heterocycles. The second-order valence-corrected chi connectivity index (χ2v) is 3.80. The molecule has 0 saturated carbocycles. The van der Waals surface area contributed by atoms with Crippen LogP contribution in [0.15, 0.2) is 36.8 Å². The summed E-state index contributed by atoms with van der Waals surface area (Å²) in [5.41, 5.74) is 1.10. The van der Waals surface area contributed by atoms with Gasteiger partial charge in [0, 0.05) is 26.0 Å². The van der Waals surface area contributed by atoms with Gasteiger partial charge in [0.1, 0.15) is 11.4 Å². The fraction of sp³-hybridized carbons (Fsp3) is 0.167. The molecule has 1 amide bonds. The smallest absolute Gasteiger partial charge is 0.278 e. The summed E-state index contributed by atoms with van der Waals surface area (Å²) in [6.07, 6.45) is 3.25. The number of imidazole rings is 1. The van der Waals surface area contributed by atoms with Gasteiger partial charge in [-0.25, -0.2) is 4.98 Å². The molecule has 88 valence electrons. The second kappa shape index (κ2) is 4.29. The number of phenols is 1. The van der Waals surface area contributed by atoms with Gasteiger partial charge in [0.2, 0.25) is 0 Å². The third-order valence-electron chi connectivity index (χ3n) is 2.47. The predicted octanol–water partition coefficient (Wildman–Crippen LogP) is 1.40. The molecule has 0 bridgehead atoms. The molecule has 17 heavy (non-hydrogen) atoms. The molecule has 1 aromatic carbocycles. The van der Waals surface area contributed by atoms with Gasteiger partial charge in [-0.3, -0.25) is 4.79 Å². The van der Waals surface area contributed by atoms with Gasteiger partial charge < -0.3 is 14.6 Å². The fourth-order valence-corrected chi connectivity index (χ4v) is 1.49. The Kier molecular flexibility index (Phi) is 2.82. The average Bonchev–Trinajstić information content (AvgIpc) is 2.75. The van der Waals surface area contributed by atoms with Crippen molar-refractivity contribution in [3.63, 3.8) is 0 Å². The van der Waals surface area contributed by atoms with Crippen molar-refractivity contribution < 1.29 is 9.90 Å². The number of hydrogen-bond donors (Lipinski definition) is 1. The van der Waals surface area contributed by atoms with Crippen molar-refractivity contribution in [1.82, 2.24) is 9.55 Å². The molecule has 0 spiro atoms. The van der Waals surface area contributed by atoms with Crippen LogP contribution in [0.25, 0.3) is 0 Å². The molecule has 2 rings (SSSR count). The number of aromatic nitrogens is 2. The van der Waals surface area contributed by atoms with Crippen LogP contribution in [-0.2, 0) is 7.05 Å². The molecule has 0 fully saturated rings. The quantitative estimate of drug-likeness (QED) is 0.850. The number of hydrogen-bond acceptors (Lipinski definition) is 3. The van der Waals surface area contributed by atoms with Crippen molar-refractivity contribution >= 4 is 11.6 Å². The zero-order valence-electron chi connectivity index (χ0n) is 9.66. The van der Waals surface area contributed by atoms with Gasteiger partial charge in [0.05, 0.1) is 6.33 Å². The van der Waals surface area contributed by atoms with Crippen LogP contribution in [0.2, 0.25) is 0 Å². The van der Waals surface area contributed by atoms with Crippen molar-refractivity contribution in [1.29, 1.82) is 0 Å². The van der Waals surface area contributed by atoms with Gasteiger partial charge in [0.25, 0.3) is 5.91 Å². The highest BCUT2D eigenvalue weighted by molar-refractivity contribution is 6.04. The summed E-state index contributed by atoms with van der Waals surface area (Å²) in [5, 5.41) is 9.18. The summed E-state index contributed by atoms with van der Waals surface area (Å²) in [7, 11) is 3.48. The average molecular weight is 231 g/mol. The van der Waals surface area contributed by atoms with Gasteiger partial charge in [-0.05, 0) is 24.3 Å². The van der Waals surface area contributed by atoms with E-state index in [-0.39, 0.29) is 11.7 Å². The van der Waals surface area contributed by atoms with Crippen molar-refractivity contribution in [2.45, 2.75) is 0 Å². The van der Waals surface area contributed by atoms with Crippen LogP contribution in [0.1, 0.15) is 10.5 Å². The van der Waals surface area contributed by atoms with E-state index in [4.69, 9.17) is 0 Å². The molecule has 0 radical (unpaired) electrons. The molecule has 0 atom stereocenters. The zero-order chi connectivity index (χ0) is 12.4. The van der Waals surface area contributed by atoms with E-state index < -0.39 is 0 Å². The number of anilines is 1. The number of nitrogens with zero attached hydrogens (tertiary/aromatic N) is 3. The Morgan fingerprint density at radius 3 is 2.53 bits per heavy atom. The first kappa shape index (κ1) is 11.2. The third-order valence-corrected chi connectivity index (χ3v) is 2.47. The van der Waals surface area contributed by atoms with Crippen molar-refractivity contribution in [2.24, 2.45) is 7.05 Å². The van der Waals surface area contributed by atoms with E-state index in [1.54, 1.807) is 36.3 Å². The van der Waals surface area contributed by atoms with Crippen LogP contribution in [0.3, 0.4) is 0 Å². The largest absolute Gasteiger partial charge is 0.508 e. The third kappa shape index (κ3) is 2.28. The highest BCUT2D eigenvalue weighted by Gasteiger charge is 2.15. The molecule has 0 aliphatic carbocycles. The zero-order valence-corrected chi connectivity index (χ0v) is 9.66. The Balaban J connectivity index is 2.23. The lowest BCUT2D eigenvalue weighted by molar-refractivity contribution is 0.0988. The molecule has 1 N–H and O–H groups in total. The second-order valence-electron chi connectivity index (χ2n) is 3.80. The first-order valence-corrected chi connectivity index (χ1v) is 5.13. The van der Waals surface area contributed by atoms with E-state index in [1.165, 1.54) is 17.0 Å². The Labute approximate surface area is 98.9 Å². The lowest BCUT2D eigenvalue weighted by Crippen LogP contribution is -2.26. The summed E-state index contributed by atoms with van der Waals surface area (Å²) < 4.78 is 1.72. The molecule has 0 aliphatic rings. The summed E-state index contributed by atoms with van der Waals surface area (Å²) >= 11 is 0. The number of carbonyl (C=O) groups excluding carboxylic acids is 1. The number of phenolic OH excluding ortho intramolecular Hbond substituents is 1. The summed E-state index contributed by atoms with van der Waals surface area (Å²) in [6, 6.07) is 6.43. The number of carbonyl (C=O) groups is 1. The van der Waals surface area contributed by atoms with Crippen molar-refractivity contribution in [3.05, 3.63) is 42.5 Å². The maximum atomic E-state index is 12.0. The van der Waals surface area contributed by atoms with E-state index in [0.717, 1.165) is 0 Å². The number of amides is 1. The number of aromatic hydroxyl groups is 1.